The van der Waals surface area contributed by atoms with Gasteiger partial charge in [-0.3, -0.25) is 5.43 Å². The number of rotatable bonds is 2. The Morgan fingerprint density at radius 2 is 1.90 bits per heavy atom. The zero-order valence-electron chi connectivity index (χ0n) is 11.4. The van der Waals surface area contributed by atoms with Gasteiger partial charge in [0.1, 0.15) is 0 Å². The molecular weight excluding hydrogens is 276 g/mol. The number of piperazine rings is 1. The molecule has 0 radical (unpaired) electrons. The van der Waals surface area contributed by atoms with E-state index in [2.05, 4.69) is 27.7 Å². The second-order valence-electron chi connectivity index (χ2n) is 4.92. The standard InChI is InChI=1S/C13H18N4O2S/c1-16-4-6-17(7-5-16)15-13(20)14-10-2-3-11-12(8-10)19-9-18-11/h2-3,8H,4-7,9H2,1H3,(H2,14,15,20). The van der Waals surface area contributed by atoms with Crippen molar-refractivity contribution in [1.29, 1.82) is 0 Å². The number of anilines is 1. The fourth-order valence-corrected chi connectivity index (χ4v) is 2.44. The first-order chi connectivity index (χ1) is 9.70. The van der Waals surface area contributed by atoms with E-state index in [9.17, 15) is 0 Å². The van der Waals surface area contributed by atoms with Crippen molar-refractivity contribution in [2.24, 2.45) is 0 Å². The lowest BCUT2D eigenvalue weighted by atomic mass is 10.3. The summed E-state index contributed by atoms with van der Waals surface area (Å²) in [7, 11) is 2.13. The molecule has 2 aliphatic rings. The van der Waals surface area contributed by atoms with Gasteiger partial charge in [0.25, 0.3) is 0 Å². The predicted molar refractivity (Wildman–Crippen MR) is 81.0 cm³/mol. The molecule has 0 spiro atoms. The van der Waals surface area contributed by atoms with Crippen molar-refractivity contribution >= 4 is 23.0 Å². The number of hydrogen-bond acceptors (Lipinski definition) is 5. The van der Waals surface area contributed by atoms with Crippen molar-refractivity contribution in [3.05, 3.63) is 18.2 Å². The molecule has 2 heterocycles. The van der Waals surface area contributed by atoms with Crippen molar-refractivity contribution in [2.45, 2.75) is 0 Å². The van der Waals surface area contributed by atoms with Gasteiger partial charge in [0, 0.05) is 37.9 Å². The van der Waals surface area contributed by atoms with E-state index in [-0.39, 0.29) is 6.79 Å². The fourth-order valence-electron chi connectivity index (χ4n) is 2.20. The quantitative estimate of drug-likeness (QED) is 0.785. The maximum absolute atomic E-state index is 5.34. The van der Waals surface area contributed by atoms with Gasteiger partial charge in [-0.2, -0.15) is 0 Å². The molecule has 0 aromatic heterocycles. The van der Waals surface area contributed by atoms with Gasteiger partial charge in [-0.15, -0.1) is 0 Å². The lowest BCUT2D eigenvalue weighted by Crippen LogP contribution is -2.53. The molecule has 7 heteroatoms. The van der Waals surface area contributed by atoms with Crippen molar-refractivity contribution in [3.63, 3.8) is 0 Å². The molecule has 0 amide bonds. The van der Waals surface area contributed by atoms with E-state index < -0.39 is 0 Å². The lowest BCUT2D eigenvalue weighted by Gasteiger charge is -2.33. The van der Waals surface area contributed by atoms with Crippen LogP contribution < -0.4 is 20.2 Å². The number of likely N-dealkylation sites (N-methyl/N-ethyl adjacent to an activating group) is 1. The average molecular weight is 294 g/mol. The number of hydrazine groups is 1. The monoisotopic (exact) mass is 294 g/mol. The zero-order chi connectivity index (χ0) is 13.9. The predicted octanol–water partition coefficient (Wildman–Crippen LogP) is 0.864. The summed E-state index contributed by atoms with van der Waals surface area (Å²) >= 11 is 5.32. The molecule has 2 aliphatic heterocycles. The first-order valence-corrected chi connectivity index (χ1v) is 7.02. The molecule has 1 saturated heterocycles. The summed E-state index contributed by atoms with van der Waals surface area (Å²) in [5.41, 5.74) is 4.10. The lowest BCUT2D eigenvalue weighted by molar-refractivity contribution is 0.131. The van der Waals surface area contributed by atoms with Crippen LogP contribution >= 0.6 is 12.2 Å². The highest BCUT2D eigenvalue weighted by Gasteiger charge is 2.16. The largest absolute Gasteiger partial charge is 0.454 e. The molecule has 1 fully saturated rings. The van der Waals surface area contributed by atoms with Crippen molar-refractivity contribution in [3.8, 4) is 11.5 Å². The summed E-state index contributed by atoms with van der Waals surface area (Å²) in [5.74, 6) is 1.52. The third-order valence-electron chi connectivity index (χ3n) is 3.39. The van der Waals surface area contributed by atoms with Gasteiger partial charge in [-0.05, 0) is 31.4 Å². The highest BCUT2D eigenvalue weighted by Crippen LogP contribution is 2.34. The SMILES string of the molecule is CN1CCN(NC(=S)Nc2ccc3c(c2)OCO3)CC1. The van der Waals surface area contributed by atoms with Crippen LogP contribution in [-0.4, -0.2) is 55.0 Å². The van der Waals surface area contributed by atoms with E-state index in [4.69, 9.17) is 21.7 Å². The van der Waals surface area contributed by atoms with Gasteiger partial charge in [0.15, 0.2) is 16.6 Å². The van der Waals surface area contributed by atoms with Gasteiger partial charge < -0.3 is 19.7 Å². The molecule has 0 unspecified atom stereocenters. The number of benzene rings is 1. The fraction of sp³-hybridized carbons (Fsp3) is 0.462. The maximum Gasteiger partial charge on any atom is 0.231 e. The van der Waals surface area contributed by atoms with Crippen LogP contribution in [0.5, 0.6) is 11.5 Å². The minimum atomic E-state index is 0.281. The summed E-state index contributed by atoms with van der Waals surface area (Å²) in [5, 5.41) is 5.88. The van der Waals surface area contributed by atoms with Crippen LogP contribution in [0.1, 0.15) is 0 Å². The topological polar surface area (TPSA) is 49.0 Å². The first kappa shape index (κ1) is 13.4. The molecule has 108 valence electrons. The zero-order valence-corrected chi connectivity index (χ0v) is 12.2. The first-order valence-electron chi connectivity index (χ1n) is 6.61. The van der Waals surface area contributed by atoms with Crippen LogP contribution in [0.25, 0.3) is 0 Å². The normalized spacial score (nSPS) is 18.9. The number of fused-ring (bicyclic) bond motifs is 1. The Hall–Kier alpha value is -1.57. The summed E-state index contributed by atoms with van der Waals surface area (Å²) < 4.78 is 10.6. The third-order valence-corrected chi connectivity index (χ3v) is 3.59. The van der Waals surface area contributed by atoms with Crippen molar-refractivity contribution < 1.29 is 9.47 Å². The summed E-state index contributed by atoms with van der Waals surface area (Å²) in [6.45, 7) is 4.28. The van der Waals surface area contributed by atoms with Crippen LogP contribution in [0.15, 0.2) is 18.2 Å². The van der Waals surface area contributed by atoms with Crippen LogP contribution in [0.2, 0.25) is 0 Å². The summed E-state index contributed by atoms with van der Waals surface area (Å²) in [6.07, 6.45) is 0. The van der Waals surface area contributed by atoms with E-state index in [0.717, 1.165) is 43.4 Å². The molecule has 0 saturated carbocycles. The van der Waals surface area contributed by atoms with Gasteiger partial charge in [-0.1, -0.05) is 0 Å². The second kappa shape index (κ2) is 5.82. The third kappa shape index (κ3) is 3.12. The molecule has 1 aromatic rings. The number of thiocarbonyl (C=S) groups is 1. The number of hydrogen-bond donors (Lipinski definition) is 2. The molecule has 0 aliphatic carbocycles. The van der Waals surface area contributed by atoms with E-state index in [1.807, 2.05) is 18.2 Å². The van der Waals surface area contributed by atoms with Gasteiger partial charge in [0.2, 0.25) is 6.79 Å². The highest BCUT2D eigenvalue weighted by atomic mass is 32.1. The number of nitrogens with zero attached hydrogens (tertiary/aromatic N) is 2. The van der Waals surface area contributed by atoms with Crippen LogP contribution in [-0.2, 0) is 0 Å². The number of nitrogens with one attached hydrogen (secondary N) is 2. The Kier molecular flexibility index (Phi) is 3.90. The van der Waals surface area contributed by atoms with E-state index in [1.165, 1.54) is 0 Å². The summed E-state index contributed by atoms with van der Waals surface area (Å²) in [4.78, 5) is 2.30. The Labute approximate surface area is 123 Å². The minimum absolute atomic E-state index is 0.281. The number of ether oxygens (including phenoxy) is 2. The molecule has 20 heavy (non-hydrogen) atoms. The maximum atomic E-state index is 5.34. The second-order valence-corrected chi connectivity index (χ2v) is 5.33. The molecular formula is C13H18N4O2S. The highest BCUT2D eigenvalue weighted by molar-refractivity contribution is 7.80. The molecule has 0 atom stereocenters. The van der Waals surface area contributed by atoms with E-state index >= 15 is 0 Å². The molecule has 0 bridgehead atoms. The molecule has 3 rings (SSSR count). The van der Waals surface area contributed by atoms with E-state index in [0.29, 0.717) is 5.11 Å². The Morgan fingerprint density at radius 1 is 1.15 bits per heavy atom. The average Bonchev–Trinajstić information content (AvgIpc) is 2.89. The van der Waals surface area contributed by atoms with Gasteiger partial charge in [0.05, 0.1) is 0 Å². The Bertz CT molecular complexity index is 503. The van der Waals surface area contributed by atoms with Crippen molar-refractivity contribution in [1.82, 2.24) is 15.3 Å². The summed E-state index contributed by atoms with van der Waals surface area (Å²) in [6, 6.07) is 5.69. The Balaban J connectivity index is 1.54. The minimum Gasteiger partial charge on any atom is -0.454 e. The Morgan fingerprint density at radius 3 is 2.70 bits per heavy atom. The molecule has 1 aromatic carbocycles. The van der Waals surface area contributed by atoms with Crippen LogP contribution in [0.3, 0.4) is 0 Å². The van der Waals surface area contributed by atoms with Crippen LogP contribution in [0.4, 0.5) is 5.69 Å². The van der Waals surface area contributed by atoms with Crippen molar-refractivity contribution in [2.75, 3.05) is 45.3 Å². The van der Waals surface area contributed by atoms with Gasteiger partial charge >= 0.3 is 0 Å². The van der Waals surface area contributed by atoms with Crippen LogP contribution in [0, 0.1) is 0 Å². The molecule has 6 nitrogen and oxygen atoms in total. The van der Waals surface area contributed by atoms with E-state index in [1.54, 1.807) is 0 Å². The van der Waals surface area contributed by atoms with Gasteiger partial charge in [-0.25, -0.2) is 5.01 Å². The smallest absolute Gasteiger partial charge is 0.231 e. The molecule has 2 N–H and O–H groups in total.